The molecule has 0 atom stereocenters. The van der Waals surface area contributed by atoms with E-state index in [1.165, 1.54) is 27.8 Å². The molecule has 0 aliphatic heterocycles. The molecule has 2 heteroatoms. The second kappa shape index (κ2) is 5.37. The summed E-state index contributed by atoms with van der Waals surface area (Å²) < 4.78 is 5.53. The minimum atomic E-state index is 0.0317. The summed E-state index contributed by atoms with van der Waals surface area (Å²) in [4.78, 5) is 0. The molecule has 3 aromatic carbocycles. The molecule has 0 fully saturated rings. The zero-order valence-corrected chi connectivity index (χ0v) is 14.8. The topological polar surface area (TPSA) is 9.23 Å². The van der Waals surface area contributed by atoms with Crippen LogP contribution in [0.1, 0.15) is 25.0 Å². The summed E-state index contributed by atoms with van der Waals surface area (Å²) in [7, 11) is 0. The third-order valence-corrected chi connectivity index (χ3v) is 5.23. The number of hydrogen-bond donors (Lipinski definition) is 0. The molecule has 111 valence electrons. The Kier molecular flexibility index (Phi) is 3.44. The summed E-state index contributed by atoms with van der Waals surface area (Å²) in [6.07, 6.45) is 0. The van der Waals surface area contributed by atoms with Crippen molar-refractivity contribution in [3.05, 3.63) is 77.9 Å². The fraction of sp³-hybridized carbons (Fsp3) is 0.143. The van der Waals surface area contributed by atoms with Gasteiger partial charge in [0.1, 0.15) is 0 Å². The zero-order chi connectivity index (χ0) is 16.0. The van der Waals surface area contributed by atoms with Gasteiger partial charge in [-0.2, -0.15) is 0 Å². The van der Waals surface area contributed by atoms with Crippen molar-refractivity contribution in [2.45, 2.75) is 19.3 Å². The Morgan fingerprint density at radius 2 is 1.39 bits per heavy atom. The molecule has 1 aliphatic rings. The molecule has 4 rings (SSSR count). The first-order valence-electron chi connectivity index (χ1n) is 7.80. The van der Waals surface area contributed by atoms with Gasteiger partial charge in [0.2, 0.25) is 0 Å². The number of benzene rings is 3. The molecule has 0 amide bonds. The fourth-order valence-electron chi connectivity index (χ4n) is 3.67. The van der Waals surface area contributed by atoms with Gasteiger partial charge in [-0.3, -0.25) is 0 Å². The maximum absolute atomic E-state index is 5.53. The van der Waals surface area contributed by atoms with Crippen LogP contribution >= 0.6 is 0 Å². The Labute approximate surface area is 149 Å². The van der Waals surface area contributed by atoms with E-state index in [1.807, 2.05) is 12.1 Å². The Morgan fingerprint density at radius 1 is 0.739 bits per heavy atom. The van der Waals surface area contributed by atoms with Crippen LogP contribution in [0, 0.1) is 0 Å². The molecule has 0 spiro atoms. The van der Waals surface area contributed by atoms with E-state index in [4.69, 9.17) is 3.32 Å². The van der Waals surface area contributed by atoms with Gasteiger partial charge in [0.05, 0.1) is 0 Å². The van der Waals surface area contributed by atoms with Gasteiger partial charge in [0, 0.05) is 0 Å². The van der Waals surface area contributed by atoms with Crippen molar-refractivity contribution in [3.8, 4) is 28.0 Å². The van der Waals surface area contributed by atoms with Crippen molar-refractivity contribution in [1.82, 2.24) is 0 Å². The molecule has 0 aromatic heterocycles. The molecule has 0 N–H and O–H groups in total. The molecule has 3 aromatic rings. The summed E-state index contributed by atoms with van der Waals surface area (Å²) in [5.74, 6) is 0.917. The summed E-state index contributed by atoms with van der Waals surface area (Å²) in [6.45, 7) is 4.62. The normalized spacial score (nSPS) is 14.1. The van der Waals surface area contributed by atoms with E-state index < -0.39 is 0 Å². The number of rotatable bonds is 2. The molecule has 0 radical (unpaired) electrons. The van der Waals surface area contributed by atoms with Crippen molar-refractivity contribution in [2.24, 2.45) is 0 Å². The van der Waals surface area contributed by atoms with Crippen LogP contribution < -0.4 is 3.32 Å². The Bertz CT molecular complexity index is 896. The van der Waals surface area contributed by atoms with E-state index in [9.17, 15) is 0 Å². The number of para-hydroxylation sites is 1. The zero-order valence-electron chi connectivity index (χ0n) is 13.3. The van der Waals surface area contributed by atoms with Gasteiger partial charge < -0.3 is 0 Å². The standard InChI is InChI=1S/C21H18O.Ti/c1-21(2)18-9-5-3-8-16(18)17-12-11-14(13-19(17)21)15-7-4-6-10-20(15)22;/h3-13,22H,1-2H3;/q;+1/p-1. The van der Waals surface area contributed by atoms with Gasteiger partial charge in [-0.05, 0) is 0 Å². The van der Waals surface area contributed by atoms with E-state index in [-0.39, 0.29) is 5.41 Å². The Balaban J connectivity index is 1.93. The monoisotopic (exact) mass is 333 g/mol. The quantitative estimate of drug-likeness (QED) is 0.563. The molecular weight excluding hydrogens is 316 g/mol. The molecule has 0 saturated heterocycles. The van der Waals surface area contributed by atoms with Gasteiger partial charge in [-0.1, -0.05) is 0 Å². The first-order valence-corrected chi connectivity index (χ1v) is 8.44. The van der Waals surface area contributed by atoms with Crippen LogP contribution in [0.4, 0.5) is 0 Å². The summed E-state index contributed by atoms with van der Waals surface area (Å²) in [5, 5.41) is 0. The minimum absolute atomic E-state index is 0.0317. The predicted molar refractivity (Wildman–Crippen MR) is 90.1 cm³/mol. The summed E-state index contributed by atoms with van der Waals surface area (Å²) in [6, 6.07) is 23.7. The molecule has 1 nitrogen and oxygen atoms in total. The number of fused-ring (bicyclic) bond motifs is 3. The second-order valence-corrected chi connectivity index (χ2v) is 6.85. The average Bonchev–Trinajstić information content (AvgIpc) is 2.83. The average molecular weight is 333 g/mol. The van der Waals surface area contributed by atoms with Crippen LogP contribution in [0.3, 0.4) is 0 Å². The van der Waals surface area contributed by atoms with Crippen molar-refractivity contribution in [3.63, 3.8) is 0 Å². The van der Waals surface area contributed by atoms with E-state index in [2.05, 4.69) is 68.4 Å². The van der Waals surface area contributed by atoms with Crippen LogP contribution in [0.5, 0.6) is 5.75 Å². The fourth-order valence-corrected chi connectivity index (χ4v) is 3.94. The van der Waals surface area contributed by atoms with Crippen LogP contribution in [0.25, 0.3) is 22.3 Å². The summed E-state index contributed by atoms with van der Waals surface area (Å²) in [5.41, 5.74) is 7.90. The van der Waals surface area contributed by atoms with Crippen molar-refractivity contribution in [1.29, 1.82) is 0 Å². The van der Waals surface area contributed by atoms with Gasteiger partial charge in [0.25, 0.3) is 0 Å². The third kappa shape index (κ3) is 2.19. The van der Waals surface area contributed by atoms with E-state index in [0.29, 0.717) is 0 Å². The summed E-state index contributed by atoms with van der Waals surface area (Å²) >= 11 is 1.73. The van der Waals surface area contributed by atoms with Gasteiger partial charge >= 0.3 is 149 Å². The molecule has 0 saturated carbocycles. The Morgan fingerprint density at radius 3 is 2.17 bits per heavy atom. The van der Waals surface area contributed by atoms with Gasteiger partial charge in [-0.15, -0.1) is 0 Å². The van der Waals surface area contributed by atoms with E-state index >= 15 is 0 Å². The van der Waals surface area contributed by atoms with Crippen molar-refractivity contribution < 1.29 is 24.1 Å². The first kappa shape index (κ1) is 14.7. The Hall–Kier alpha value is -1.83. The van der Waals surface area contributed by atoms with Crippen LogP contribution in [0.2, 0.25) is 0 Å². The van der Waals surface area contributed by atoms with Crippen LogP contribution in [-0.2, 0) is 26.2 Å². The predicted octanol–water partition coefficient (Wildman–Crippen LogP) is 5.50. The van der Waals surface area contributed by atoms with Gasteiger partial charge in [0.15, 0.2) is 0 Å². The van der Waals surface area contributed by atoms with E-state index in [0.717, 1.165) is 11.3 Å². The van der Waals surface area contributed by atoms with Crippen molar-refractivity contribution >= 4 is 0 Å². The van der Waals surface area contributed by atoms with E-state index in [1.54, 1.807) is 20.8 Å². The first-order chi connectivity index (χ1) is 11.1. The second-order valence-electron chi connectivity index (χ2n) is 6.53. The number of hydrogen-bond acceptors (Lipinski definition) is 1. The van der Waals surface area contributed by atoms with Gasteiger partial charge in [-0.25, -0.2) is 0 Å². The third-order valence-electron chi connectivity index (χ3n) is 4.89. The molecule has 1 aliphatic carbocycles. The molecule has 23 heavy (non-hydrogen) atoms. The molecule has 0 unspecified atom stereocenters. The SMILES string of the molecule is CC1(C)c2ccccc2-c2ccc(-c3ccccc3[O][Ti])cc21. The molecular formula is C21H17OTi. The molecule has 0 bridgehead atoms. The van der Waals surface area contributed by atoms with Crippen LogP contribution in [-0.4, -0.2) is 0 Å². The van der Waals surface area contributed by atoms with Crippen molar-refractivity contribution in [2.75, 3.05) is 0 Å². The maximum atomic E-state index is 5.53. The van der Waals surface area contributed by atoms with Crippen LogP contribution in [0.15, 0.2) is 66.7 Å². The molecule has 0 heterocycles.